The third-order valence-electron chi connectivity index (χ3n) is 3.26. The zero-order valence-corrected chi connectivity index (χ0v) is 10.3. The number of hydrogen-bond donors (Lipinski definition) is 3. The third-order valence-corrected chi connectivity index (χ3v) is 3.26. The molecule has 1 saturated heterocycles. The number of hydrogen-bond acceptors (Lipinski definition) is 4. The van der Waals surface area contributed by atoms with Crippen LogP contribution in [0.25, 0.3) is 0 Å². The molecular formula is C12H19N3O2. The quantitative estimate of drug-likeness (QED) is 0.719. The molecule has 0 atom stereocenters. The second-order valence-electron chi connectivity index (χ2n) is 4.87. The minimum absolute atomic E-state index is 0.0201. The van der Waals surface area contributed by atoms with Gasteiger partial charge in [0.05, 0.1) is 5.56 Å². The Labute approximate surface area is 100 Å². The van der Waals surface area contributed by atoms with Crippen molar-refractivity contribution in [3.05, 3.63) is 21.7 Å². The SMILES string of the molecule is CC(C)c1c(O)nc(C2CCNCC2)[nH]c1=O. The van der Waals surface area contributed by atoms with E-state index in [4.69, 9.17) is 0 Å². The van der Waals surface area contributed by atoms with E-state index in [1.54, 1.807) is 0 Å². The number of aromatic hydroxyl groups is 1. The molecule has 0 amide bonds. The molecule has 1 aromatic heterocycles. The molecule has 1 aliphatic rings. The first-order valence-corrected chi connectivity index (χ1v) is 6.13. The van der Waals surface area contributed by atoms with Crippen LogP contribution >= 0.6 is 0 Å². The average Bonchev–Trinajstić information content (AvgIpc) is 2.28. The van der Waals surface area contributed by atoms with Crippen molar-refractivity contribution in [3.63, 3.8) is 0 Å². The molecule has 17 heavy (non-hydrogen) atoms. The summed E-state index contributed by atoms with van der Waals surface area (Å²) in [5.74, 6) is 0.736. The van der Waals surface area contributed by atoms with Gasteiger partial charge in [0.25, 0.3) is 5.56 Å². The topological polar surface area (TPSA) is 78.0 Å². The minimum Gasteiger partial charge on any atom is -0.493 e. The van der Waals surface area contributed by atoms with Crippen molar-refractivity contribution in [1.29, 1.82) is 0 Å². The van der Waals surface area contributed by atoms with Crippen molar-refractivity contribution in [2.45, 2.75) is 38.5 Å². The van der Waals surface area contributed by atoms with Crippen LogP contribution in [0.3, 0.4) is 0 Å². The Bertz CT molecular complexity index is 448. The summed E-state index contributed by atoms with van der Waals surface area (Å²) in [4.78, 5) is 18.8. The summed E-state index contributed by atoms with van der Waals surface area (Å²) in [7, 11) is 0. The van der Waals surface area contributed by atoms with Crippen LogP contribution in [0, 0.1) is 0 Å². The monoisotopic (exact) mass is 237 g/mol. The number of rotatable bonds is 2. The summed E-state index contributed by atoms with van der Waals surface area (Å²) < 4.78 is 0. The van der Waals surface area contributed by atoms with Gasteiger partial charge in [0.1, 0.15) is 5.82 Å². The van der Waals surface area contributed by atoms with Crippen molar-refractivity contribution < 1.29 is 5.11 Å². The van der Waals surface area contributed by atoms with Crippen LogP contribution in [-0.4, -0.2) is 28.2 Å². The smallest absolute Gasteiger partial charge is 0.258 e. The first-order chi connectivity index (χ1) is 8.09. The lowest BCUT2D eigenvalue weighted by molar-refractivity contribution is 0.411. The number of piperidine rings is 1. The van der Waals surface area contributed by atoms with Gasteiger partial charge < -0.3 is 15.4 Å². The van der Waals surface area contributed by atoms with E-state index in [1.807, 2.05) is 13.8 Å². The normalized spacial score (nSPS) is 17.6. The molecule has 0 unspecified atom stereocenters. The maximum absolute atomic E-state index is 11.9. The molecule has 2 rings (SSSR count). The lowest BCUT2D eigenvalue weighted by atomic mass is 9.97. The lowest BCUT2D eigenvalue weighted by Gasteiger charge is -2.22. The van der Waals surface area contributed by atoms with Gasteiger partial charge in [-0.3, -0.25) is 4.79 Å². The van der Waals surface area contributed by atoms with E-state index in [0.717, 1.165) is 25.9 Å². The molecule has 1 aliphatic heterocycles. The zero-order chi connectivity index (χ0) is 12.4. The molecule has 1 aromatic rings. The van der Waals surface area contributed by atoms with Crippen molar-refractivity contribution >= 4 is 0 Å². The Balaban J connectivity index is 2.34. The van der Waals surface area contributed by atoms with E-state index in [1.165, 1.54) is 0 Å². The molecule has 2 heterocycles. The van der Waals surface area contributed by atoms with E-state index in [0.29, 0.717) is 11.4 Å². The Morgan fingerprint density at radius 1 is 1.35 bits per heavy atom. The van der Waals surface area contributed by atoms with Gasteiger partial charge in [-0.25, -0.2) is 0 Å². The van der Waals surface area contributed by atoms with E-state index >= 15 is 0 Å². The molecule has 0 bridgehead atoms. The predicted molar refractivity (Wildman–Crippen MR) is 65.5 cm³/mol. The fourth-order valence-electron chi connectivity index (χ4n) is 2.30. The average molecular weight is 237 g/mol. The van der Waals surface area contributed by atoms with Crippen LogP contribution in [0.2, 0.25) is 0 Å². The van der Waals surface area contributed by atoms with Gasteiger partial charge in [0.2, 0.25) is 5.88 Å². The zero-order valence-electron chi connectivity index (χ0n) is 10.3. The van der Waals surface area contributed by atoms with E-state index in [2.05, 4.69) is 15.3 Å². The van der Waals surface area contributed by atoms with Crippen molar-refractivity contribution in [2.24, 2.45) is 0 Å². The first-order valence-electron chi connectivity index (χ1n) is 6.13. The fraction of sp³-hybridized carbons (Fsp3) is 0.667. The van der Waals surface area contributed by atoms with Gasteiger partial charge >= 0.3 is 0 Å². The van der Waals surface area contributed by atoms with Crippen LogP contribution in [-0.2, 0) is 0 Å². The van der Waals surface area contributed by atoms with Gasteiger partial charge in [-0.2, -0.15) is 4.98 Å². The summed E-state index contributed by atoms with van der Waals surface area (Å²) in [6.07, 6.45) is 1.90. The largest absolute Gasteiger partial charge is 0.493 e. The van der Waals surface area contributed by atoms with Gasteiger partial charge in [-0.15, -0.1) is 0 Å². The maximum atomic E-state index is 11.9. The number of H-pyrrole nitrogens is 1. The standard InChI is InChI=1S/C12H19N3O2/c1-7(2)9-11(16)14-10(15-12(9)17)8-3-5-13-6-4-8/h7-8,13H,3-6H2,1-2H3,(H2,14,15,16,17). The van der Waals surface area contributed by atoms with Crippen LogP contribution in [0.4, 0.5) is 0 Å². The highest BCUT2D eigenvalue weighted by molar-refractivity contribution is 5.26. The van der Waals surface area contributed by atoms with E-state index < -0.39 is 0 Å². The molecule has 1 fully saturated rings. The van der Waals surface area contributed by atoms with Gasteiger partial charge in [-0.05, 0) is 31.8 Å². The summed E-state index contributed by atoms with van der Waals surface area (Å²) in [6, 6.07) is 0. The predicted octanol–water partition coefficient (Wildman–Crippen LogP) is 1.07. The second kappa shape index (κ2) is 4.87. The van der Waals surface area contributed by atoms with Crippen molar-refractivity contribution in [3.8, 4) is 5.88 Å². The molecule has 5 nitrogen and oxygen atoms in total. The summed E-state index contributed by atoms with van der Waals surface area (Å²) in [5, 5.41) is 13.1. The molecular weight excluding hydrogens is 218 g/mol. The molecule has 0 radical (unpaired) electrons. The Morgan fingerprint density at radius 2 is 2.00 bits per heavy atom. The van der Waals surface area contributed by atoms with Crippen LogP contribution in [0.5, 0.6) is 5.88 Å². The number of nitrogens with one attached hydrogen (secondary N) is 2. The third kappa shape index (κ3) is 2.49. The Hall–Kier alpha value is -1.36. The maximum Gasteiger partial charge on any atom is 0.258 e. The minimum atomic E-state index is -0.207. The van der Waals surface area contributed by atoms with Gasteiger partial charge in [0.15, 0.2) is 0 Å². The molecule has 0 saturated carbocycles. The lowest BCUT2D eigenvalue weighted by Crippen LogP contribution is -2.29. The first kappa shape index (κ1) is 12.1. The summed E-state index contributed by atoms with van der Waals surface area (Å²) in [5.41, 5.74) is 0.170. The molecule has 0 spiro atoms. The molecule has 0 aromatic carbocycles. The Morgan fingerprint density at radius 3 is 2.53 bits per heavy atom. The van der Waals surface area contributed by atoms with Crippen LogP contribution in [0.1, 0.15) is 49.9 Å². The van der Waals surface area contributed by atoms with E-state index in [9.17, 15) is 9.90 Å². The highest BCUT2D eigenvalue weighted by atomic mass is 16.3. The van der Waals surface area contributed by atoms with Crippen LogP contribution < -0.4 is 10.9 Å². The number of nitrogens with zero attached hydrogens (tertiary/aromatic N) is 1. The molecule has 5 heteroatoms. The van der Waals surface area contributed by atoms with Gasteiger partial charge in [-0.1, -0.05) is 13.8 Å². The van der Waals surface area contributed by atoms with Gasteiger partial charge in [0, 0.05) is 5.92 Å². The summed E-state index contributed by atoms with van der Waals surface area (Å²) >= 11 is 0. The Kier molecular flexibility index (Phi) is 3.47. The fourth-order valence-corrected chi connectivity index (χ4v) is 2.30. The van der Waals surface area contributed by atoms with Crippen molar-refractivity contribution in [2.75, 3.05) is 13.1 Å². The molecule has 3 N–H and O–H groups in total. The number of aromatic nitrogens is 2. The molecule has 94 valence electrons. The number of aromatic amines is 1. The summed E-state index contributed by atoms with van der Waals surface area (Å²) in [6.45, 7) is 5.61. The highest BCUT2D eigenvalue weighted by Crippen LogP contribution is 2.25. The molecule has 0 aliphatic carbocycles. The van der Waals surface area contributed by atoms with E-state index in [-0.39, 0.29) is 23.3 Å². The van der Waals surface area contributed by atoms with Crippen molar-refractivity contribution in [1.82, 2.24) is 15.3 Å². The second-order valence-corrected chi connectivity index (χ2v) is 4.87. The van der Waals surface area contributed by atoms with Crippen LogP contribution in [0.15, 0.2) is 4.79 Å². The highest BCUT2D eigenvalue weighted by Gasteiger charge is 2.21.